The third-order valence-electron chi connectivity index (χ3n) is 3.27. The number of hydrogen-bond donors (Lipinski definition) is 1. The summed E-state index contributed by atoms with van der Waals surface area (Å²) in [6.07, 6.45) is 6.09. The summed E-state index contributed by atoms with van der Waals surface area (Å²) < 4.78 is 6.04. The van der Waals surface area contributed by atoms with Gasteiger partial charge in [-0.3, -0.25) is 4.98 Å². The van der Waals surface area contributed by atoms with Crippen LogP contribution in [-0.4, -0.2) is 29.8 Å². The van der Waals surface area contributed by atoms with Gasteiger partial charge in [-0.2, -0.15) is 0 Å². The zero-order chi connectivity index (χ0) is 15.0. The van der Waals surface area contributed by atoms with Gasteiger partial charge in [-0.15, -0.1) is 0 Å². The highest BCUT2D eigenvalue weighted by atomic mass is 16.5. The lowest BCUT2D eigenvalue weighted by atomic mass is 10.0. The van der Waals surface area contributed by atoms with E-state index in [1.165, 1.54) is 5.56 Å². The van der Waals surface area contributed by atoms with Gasteiger partial charge in [0.1, 0.15) is 0 Å². The van der Waals surface area contributed by atoms with Gasteiger partial charge >= 0.3 is 0 Å². The van der Waals surface area contributed by atoms with E-state index in [1.54, 1.807) is 0 Å². The molecular weight excluding hydrogens is 248 g/mol. The lowest BCUT2D eigenvalue weighted by Crippen LogP contribution is -2.43. The van der Waals surface area contributed by atoms with E-state index in [-0.39, 0.29) is 11.6 Å². The number of rotatable bonds is 8. The third-order valence-corrected chi connectivity index (χ3v) is 3.27. The Morgan fingerprint density at radius 2 is 1.85 bits per heavy atom. The van der Waals surface area contributed by atoms with Crippen LogP contribution >= 0.6 is 0 Å². The average Bonchev–Trinajstić information content (AvgIpc) is 2.37. The minimum absolute atomic E-state index is 0.146. The summed E-state index contributed by atoms with van der Waals surface area (Å²) in [5.41, 5.74) is 1.48. The molecular formula is C17H30N2O. The van der Waals surface area contributed by atoms with Crippen molar-refractivity contribution in [2.24, 2.45) is 5.92 Å². The second-order valence-corrected chi connectivity index (χ2v) is 6.74. The monoisotopic (exact) mass is 278 g/mol. The fraction of sp³-hybridized carbons (Fsp3) is 0.706. The van der Waals surface area contributed by atoms with Gasteiger partial charge in [-0.05, 0) is 57.2 Å². The smallest absolute Gasteiger partial charge is 0.0722 e. The Morgan fingerprint density at radius 1 is 1.20 bits per heavy atom. The number of aryl methyl sites for hydroxylation is 1. The molecule has 0 saturated heterocycles. The van der Waals surface area contributed by atoms with Gasteiger partial charge in [0.15, 0.2) is 0 Å². The number of nitrogens with zero attached hydrogens (tertiary/aromatic N) is 1. The molecule has 0 fully saturated rings. The van der Waals surface area contributed by atoms with Gasteiger partial charge in [0.25, 0.3) is 0 Å². The summed E-state index contributed by atoms with van der Waals surface area (Å²) in [5, 5.41) is 3.53. The van der Waals surface area contributed by atoms with E-state index in [2.05, 4.69) is 57.1 Å². The van der Waals surface area contributed by atoms with Crippen molar-refractivity contribution in [2.45, 2.75) is 59.1 Å². The van der Waals surface area contributed by atoms with Crippen molar-refractivity contribution in [3.63, 3.8) is 0 Å². The number of hydrogen-bond acceptors (Lipinski definition) is 3. The van der Waals surface area contributed by atoms with Gasteiger partial charge in [0.05, 0.1) is 6.10 Å². The van der Waals surface area contributed by atoms with Crippen molar-refractivity contribution < 1.29 is 4.74 Å². The van der Waals surface area contributed by atoms with Crippen molar-refractivity contribution in [1.29, 1.82) is 0 Å². The predicted octanol–water partition coefficient (Wildman–Crippen LogP) is 3.44. The molecule has 3 nitrogen and oxygen atoms in total. The Labute approximate surface area is 124 Å². The molecule has 1 atom stereocenters. The van der Waals surface area contributed by atoms with Crippen LogP contribution < -0.4 is 5.32 Å². The quantitative estimate of drug-likeness (QED) is 0.740. The van der Waals surface area contributed by atoms with Gasteiger partial charge in [-0.1, -0.05) is 13.8 Å². The van der Waals surface area contributed by atoms with Gasteiger partial charge in [0.2, 0.25) is 0 Å². The maximum Gasteiger partial charge on any atom is 0.0722 e. The van der Waals surface area contributed by atoms with Crippen LogP contribution in [0, 0.1) is 5.92 Å². The Bertz CT molecular complexity index is 357. The van der Waals surface area contributed by atoms with Crippen molar-refractivity contribution in [3.05, 3.63) is 30.1 Å². The lowest BCUT2D eigenvalue weighted by molar-refractivity contribution is 0.0181. The van der Waals surface area contributed by atoms with Crippen LogP contribution in [0.2, 0.25) is 0 Å². The second-order valence-electron chi connectivity index (χ2n) is 6.74. The fourth-order valence-electron chi connectivity index (χ4n) is 1.95. The highest BCUT2D eigenvalue weighted by Gasteiger charge is 2.17. The minimum atomic E-state index is 0.146. The van der Waals surface area contributed by atoms with E-state index in [0.717, 1.165) is 26.0 Å². The molecule has 0 aliphatic carbocycles. The predicted molar refractivity (Wildman–Crippen MR) is 84.9 cm³/mol. The van der Waals surface area contributed by atoms with E-state index in [0.29, 0.717) is 5.92 Å². The molecule has 0 aromatic carbocycles. The first-order chi connectivity index (χ1) is 9.38. The molecule has 3 heteroatoms. The zero-order valence-electron chi connectivity index (χ0n) is 13.6. The lowest BCUT2D eigenvalue weighted by Gasteiger charge is -2.27. The highest BCUT2D eigenvalue weighted by Crippen LogP contribution is 2.10. The zero-order valence-corrected chi connectivity index (χ0v) is 13.6. The molecule has 1 aromatic heterocycles. The van der Waals surface area contributed by atoms with Crippen LogP contribution in [0.1, 0.15) is 46.6 Å². The number of ether oxygens (including phenoxy) is 1. The van der Waals surface area contributed by atoms with Gasteiger partial charge in [-0.25, -0.2) is 0 Å². The summed E-state index contributed by atoms with van der Waals surface area (Å²) in [6, 6.07) is 4.14. The van der Waals surface area contributed by atoms with Crippen LogP contribution in [0.15, 0.2) is 24.5 Å². The first-order valence-electron chi connectivity index (χ1n) is 7.64. The molecule has 0 aliphatic rings. The molecule has 0 bridgehead atoms. The van der Waals surface area contributed by atoms with E-state index in [1.807, 2.05) is 12.4 Å². The maximum atomic E-state index is 6.04. The SMILES string of the molecule is CC(C)C(CNC(C)(C)C)OCCCc1ccncc1. The number of aromatic nitrogens is 1. The minimum Gasteiger partial charge on any atom is -0.377 e. The standard InChI is InChI=1S/C17H30N2O/c1-14(2)16(13-19-17(3,4)5)20-12-6-7-15-8-10-18-11-9-15/h8-11,14,16,19H,6-7,12-13H2,1-5H3. The molecule has 1 aromatic rings. The highest BCUT2D eigenvalue weighted by molar-refractivity contribution is 5.09. The van der Waals surface area contributed by atoms with E-state index < -0.39 is 0 Å². The van der Waals surface area contributed by atoms with Crippen molar-refractivity contribution in [1.82, 2.24) is 10.3 Å². The molecule has 0 saturated carbocycles. The normalized spacial score (nSPS) is 13.7. The first-order valence-corrected chi connectivity index (χ1v) is 7.64. The van der Waals surface area contributed by atoms with Crippen LogP contribution in [0.5, 0.6) is 0 Å². The summed E-state index contributed by atoms with van der Waals surface area (Å²) in [7, 11) is 0. The Balaban J connectivity index is 2.25. The second kappa shape index (κ2) is 8.38. The van der Waals surface area contributed by atoms with Crippen LogP contribution in [-0.2, 0) is 11.2 Å². The molecule has 0 aliphatic heterocycles. The molecule has 114 valence electrons. The summed E-state index contributed by atoms with van der Waals surface area (Å²) >= 11 is 0. The van der Waals surface area contributed by atoms with Crippen LogP contribution in [0.4, 0.5) is 0 Å². The van der Waals surface area contributed by atoms with Crippen molar-refractivity contribution in [2.75, 3.05) is 13.2 Å². The first kappa shape index (κ1) is 17.1. The van der Waals surface area contributed by atoms with E-state index in [9.17, 15) is 0 Å². The molecule has 0 radical (unpaired) electrons. The number of nitrogens with one attached hydrogen (secondary N) is 1. The topological polar surface area (TPSA) is 34.1 Å². The molecule has 1 rings (SSSR count). The molecule has 0 spiro atoms. The average molecular weight is 278 g/mol. The molecule has 1 heterocycles. The summed E-state index contributed by atoms with van der Waals surface area (Å²) in [5.74, 6) is 0.533. The maximum absolute atomic E-state index is 6.04. The molecule has 1 N–H and O–H groups in total. The van der Waals surface area contributed by atoms with Crippen LogP contribution in [0.3, 0.4) is 0 Å². The van der Waals surface area contributed by atoms with Crippen molar-refractivity contribution in [3.8, 4) is 0 Å². The van der Waals surface area contributed by atoms with Gasteiger partial charge in [0, 0.05) is 31.1 Å². The molecule has 1 unspecified atom stereocenters. The summed E-state index contributed by atoms with van der Waals surface area (Å²) in [6.45, 7) is 12.7. The van der Waals surface area contributed by atoms with E-state index >= 15 is 0 Å². The van der Waals surface area contributed by atoms with Crippen molar-refractivity contribution >= 4 is 0 Å². The largest absolute Gasteiger partial charge is 0.377 e. The molecule has 20 heavy (non-hydrogen) atoms. The van der Waals surface area contributed by atoms with E-state index in [4.69, 9.17) is 4.74 Å². The Hall–Kier alpha value is -0.930. The fourth-order valence-corrected chi connectivity index (χ4v) is 1.95. The van der Waals surface area contributed by atoms with Crippen LogP contribution in [0.25, 0.3) is 0 Å². The Kier molecular flexibility index (Phi) is 7.17. The summed E-state index contributed by atoms with van der Waals surface area (Å²) in [4.78, 5) is 4.03. The number of pyridine rings is 1. The third kappa shape index (κ3) is 7.61. The molecule has 0 amide bonds. The Morgan fingerprint density at radius 3 is 2.40 bits per heavy atom. The van der Waals surface area contributed by atoms with Gasteiger partial charge < -0.3 is 10.1 Å².